The van der Waals surface area contributed by atoms with Crippen LogP contribution >= 0.6 is 0 Å². The number of amides is 1. The van der Waals surface area contributed by atoms with Crippen molar-refractivity contribution in [3.63, 3.8) is 0 Å². The molecular weight excluding hydrogens is 379 g/mol. The van der Waals surface area contributed by atoms with Gasteiger partial charge in [0.1, 0.15) is 24.2 Å². The first-order chi connectivity index (χ1) is 13.9. The van der Waals surface area contributed by atoms with Crippen LogP contribution in [0, 0.1) is 19.7 Å². The molecule has 156 valence electrons. The lowest BCUT2D eigenvalue weighted by molar-refractivity contribution is -0.0230. The molecule has 3 rings (SSSR count). The summed E-state index contributed by atoms with van der Waals surface area (Å²) in [5, 5.41) is 0. The minimum atomic E-state index is -0.487. The summed E-state index contributed by atoms with van der Waals surface area (Å²) in [4.78, 5) is 30.2. The fourth-order valence-corrected chi connectivity index (χ4v) is 3.43. The molecule has 1 atom stereocenters. The van der Waals surface area contributed by atoms with E-state index in [1.807, 2.05) is 0 Å². The average Bonchev–Trinajstić information content (AvgIpc) is 3.02. The van der Waals surface area contributed by atoms with Crippen molar-refractivity contribution in [2.45, 2.75) is 20.0 Å². The SMILES string of the molecule is COCCOC(=O)c1c(C)[nH]c(C(=O)N2CCO[C@H](c3ccc(F)cc3)C2)c1C. The molecule has 0 bridgehead atoms. The zero-order valence-corrected chi connectivity index (χ0v) is 16.8. The molecule has 1 saturated heterocycles. The van der Waals surface area contributed by atoms with Gasteiger partial charge in [-0.2, -0.15) is 0 Å². The number of benzene rings is 1. The lowest BCUT2D eigenvalue weighted by Gasteiger charge is -2.33. The molecule has 1 aliphatic heterocycles. The minimum absolute atomic E-state index is 0.144. The summed E-state index contributed by atoms with van der Waals surface area (Å²) < 4.78 is 29.0. The zero-order valence-electron chi connectivity index (χ0n) is 16.8. The molecule has 1 aliphatic rings. The van der Waals surface area contributed by atoms with Crippen LogP contribution in [0.25, 0.3) is 0 Å². The predicted molar refractivity (Wildman–Crippen MR) is 103 cm³/mol. The lowest BCUT2D eigenvalue weighted by Crippen LogP contribution is -2.42. The van der Waals surface area contributed by atoms with Crippen LogP contribution in [0.2, 0.25) is 0 Å². The Hall–Kier alpha value is -2.71. The van der Waals surface area contributed by atoms with Crippen LogP contribution in [0.1, 0.15) is 43.8 Å². The van der Waals surface area contributed by atoms with Crippen molar-refractivity contribution in [3.8, 4) is 0 Å². The van der Waals surface area contributed by atoms with Crippen molar-refractivity contribution in [1.82, 2.24) is 9.88 Å². The summed E-state index contributed by atoms with van der Waals surface area (Å²) in [6.07, 6.45) is -0.330. The summed E-state index contributed by atoms with van der Waals surface area (Å²) in [6.45, 7) is 5.05. The Morgan fingerprint density at radius 1 is 1.24 bits per heavy atom. The molecule has 0 saturated carbocycles. The number of H-pyrrole nitrogens is 1. The molecule has 1 N–H and O–H groups in total. The summed E-state index contributed by atoms with van der Waals surface area (Å²) >= 11 is 0. The fourth-order valence-electron chi connectivity index (χ4n) is 3.43. The molecule has 1 amide bonds. The largest absolute Gasteiger partial charge is 0.460 e. The number of aromatic amines is 1. The highest BCUT2D eigenvalue weighted by Gasteiger charge is 2.30. The number of aromatic nitrogens is 1. The van der Waals surface area contributed by atoms with Crippen molar-refractivity contribution in [1.29, 1.82) is 0 Å². The third-order valence-electron chi connectivity index (χ3n) is 4.97. The maximum atomic E-state index is 13.2. The maximum absolute atomic E-state index is 13.2. The normalized spacial score (nSPS) is 16.7. The third-order valence-corrected chi connectivity index (χ3v) is 4.97. The van der Waals surface area contributed by atoms with Crippen LogP contribution in [-0.4, -0.2) is 61.8 Å². The molecule has 0 aliphatic carbocycles. The monoisotopic (exact) mass is 404 g/mol. The first kappa shape index (κ1) is 21.0. The zero-order chi connectivity index (χ0) is 21.0. The van der Waals surface area contributed by atoms with E-state index in [0.717, 1.165) is 5.56 Å². The lowest BCUT2D eigenvalue weighted by atomic mass is 10.1. The van der Waals surface area contributed by atoms with E-state index in [9.17, 15) is 14.0 Å². The number of methoxy groups -OCH3 is 1. The van der Waals surface area contributed by atoms with E-state index in [4.69, 9.17) is 14.2 Å². The highest BCUT2D eigenvalue weighted by atomic mass is 19.1. The Bertz CT molecular complexity index is 878. The summed E-state index contributed by atoms with van der Waals surface area (Å²) in [5.41, 5.74) is 2.68. The molecule has 0 radical (unpaired) electrons. The smallest absolute Gasteiger partial charge is 0.340 e. The van der Waals surface area contributed by atoms with Crippen molar-refractivity contribution in [2.75, 3.05) is 40.0 Å². The Labute approximate surface area is 168 Å². The van der Waals surface area contributed by atoms with E-state index >= 15 is 0 Å². The van der Waals surface area contributed by atoms with E-state index in [2.05, 4.69) is 4.98 Å². The van der Waals surface area contributed by atoms with Crippen molar-refractivity contribution in [2.24, 2.45) is 0 Å². The summed E-state index contributed by atoms with van der Waals surface area (Å²) in [6, 6.07) is 6.07. The highest BCUT2D eigenvalue weighted by Crippen LogP contribution is 2.26. The van der Waals surface area contributed by atoms with Crippen LogP contribution < -0.4 is 0 Å². The molecule has 8 heteroatoms. The number of morpholine rings is 1. The number of esters is 1. The third kappa shape index (κ3) is 4.65. The number of hydrogen-bond donors (Lipinski definition) is 1. The summed E-state index contributed by atoms with van der Waals surface area (Å²) in [5.74, 6) is -1.02. The van der Waals surface area contributed by atoms with Crippen LogP contribution in [0.4, 0.5) is 4.39 Å². The quantitative estimate of drug-likeness (QED) is 0.592. The van der Waals surface area contributed by atoms with E-state index in [1.165, 1.54) is 19.2 Å². The van der Waals surface area contributed by atoms with Gasteiger partial charge in [0.25, 0.3) is 5.91 Å². The van der Waals surface area contributed by atoms with Crippen LogP contribution in [0.3, 0.4) is 0 Å². The van der Waals surface area contributed by atoms with Gasteiger partial charge in [-0.05, 0) is 37.1 Å². The molecule has 0 spiro atoms. The molecular formula is C21H25FN2O5. The van der Waals surface area contributed by atoms with Gasteiger partial charge in [-0.3, -0.25) is 4.79 Å². The fraction of sp³-hybridized carbons (Fsp3) is 0.429. The van der Waals surface area contributed by atoms with E-state index in [-0.39, 0.29) is 24.4 Å². The van der Waals surface area contributed by atoms with E-state index < -0.39 is 5.97 Å². The number of nitrogens with zero attached hydrogens (tertiary/aromatic N) is 1. The van der Waals surface area contributed by atoms with Gasteiger partial charge in [0.15, 0.2) is 0 Å². The van der Waals surface area contributed by atoms with Gasteiger partial charge < -0.3 is 24.1 Å². The average molecular weight is 404 g/mol. The first-order valence-electron chi connectivity index (χ1n) is 9.44. The molecule has 2 heterocycles. The van der Waals surface area contributed by atoms with Crippen molar-refractivity contribution >= 4 is 11.9 Å². The Balaban J connectivity index is 1.75. The number of hydrogen-bond acceptors (Lipinski definition) is 5. The number of aryl methyl sites for hydroxylation is 1. The van der Waals surface area contributed by atoms with E-state index in [1.54, 1.807) is 30.9 Å². The maximum Gasteiger partial charge on any atom is 0.340 e. The number of carbonyl (C=O) groups is 2. The van der Waals surface area contributed by atoms with Crippen molar-refractivity contribution in [3.05, 3.63) is 58.2 Å². The number of carbonyl (C=O) groups excluding carboxylic acids is 2. The standard InChI is InChI=1S/C21H25FN2O5/c1-13-18(21(26)29-11-10-27-3)14(2)23-19(13)20(25)24-8-9-28-17(12-24)15-4-6-16(22)7-5-15/h4-7,17,23H,8-12H2,1-3H3/t17-/m0/s1. The second-order valence-electron chi connectivity index (χ2n) is 6.92. The van der Waals surface area contributed by atoms with Crippen LogP contribution in [-0.2, 0) is 14.2 Å². The van der Waals surface area contributed by atoms with Crippen LogP contribution in [0.15, 0.2) is 24.3 Å². The molecule has 2 aromatic rings. The molecule has 1 fully saturated rings. The Morgan fingerprint density at radius 2 is 1.97 bits per heavy atom. The number of rotatable bonds is 6. The second-order valence-corrected chi connectivity index (χ2v) is 6.92. The number of ether oxygens (including phenoxy) is 3. The van der Waals surface area contributed by atoms with Gasteiger partial charge >= 0.3 is 5.97 Å². The van der Waals surface area contributed by atoms with Crippen LogP contribution in [0.5, 0.6) is 0 Å². The molecule has 7 nitrogen and oxygen atoms in total. The van der Waals surface area contributed by atoms with Gasteiger partial charge in [-0.1, -0.05) is 12.1 Å². The van der Waals surface area contributed by atoms with Gasteiger partial charge in [-0.25, -0.2) is 9.18 Å². The van der Waals surface area contributed by atoms with Gasteiger partial charge in [0, 0.05) is 19.3 Å². The predicted octanol–water partition coefficient (Wildman–Crippen LogP) is 2.79. The van der Waals surface area contributed by atoms with Crippen molar-refractivity contribution < 1.29 is 28.2 Å². The second kappa shape index (κ2) is 9.19. The van der Waals surface area contributed by atoms with Gasteiger partial charge in [-0.15, -0.1) is 0 Å². The number of nitrogens with one attached hydrogen (secondary N) is 1. The Kier molecular flexibility index (Phi) is 6.66. The van der Waals surface area contributed by atoms with Gasteiger partial charge in [0.2, 0.25) is 0 Å². The van der Waals surface area contributed by atoms with E-state index in [0.29, 0.717) is 48.8 Å². The molecule has 1 aromatic heterocycles. The first-order valence-corrected chi connectivity index (χ1v) is 9.44. The minimum Gasteiger partial charge on any atom is -0.460 e. The molecule has 1 aromatic carbocycles. The topological polar surface area (TPSA) is 80.9 Å². The Morgan fingerprint density at radius 3 is 2.66 bits per heavy atom. The highest BCUT2D eigenvalue weighted by molar-refractivity contribution is 6.00. The molecule has 29 heavy (non-hydrogen) atoms. The molecule has 0 unspecified atom stereocenters. The van der Waals surface area contributed by atoms with Gasteiger partial charge in [0.05, 0.1) is 25.3 Å². The number of halogens is 1. The summed E-state index contributed by atoms with van der Waals surface area (Å²) in [7, 11) is 1.53.